The van der Waals surface area contributed by atoms with Gasteiger partial charge in [0.25, 0.3) is 0 Å². The molecule has 0 amide bonds. The molecule has 4 nitrogen and oxygen atoms in total. The van der Waals surface area contributed by atoms with Crippen molar-refractivity contribution < 1.29 is 14.3 Å². The lowest BCUT2D eigenvalue weighted by Crippen LogP contribution is -2.24. The van der Waals surface area contributed by atoms with Crippen LogP contribution in [-0.2, 0) is 4.74 Å². The molecule has 3 rings (SSSR count). The molecule has 0 saturated carbocycles. The molecule has 0 aliphatic rings. The van der Waals surface area contributed by atoms with Crippen LogP contribution in [-0.4, -0.2) is 22.8 Å². The molecule has 1 aromatic heterocycles. The van der Waals surface area contributed by atoms with Crippen LogP contribution >= 0.6 is 11.6 Å². The third-order valence-corrected chi connectivity index (χ3v) is 4.09. The van der Waals surface area contributed by atoms with Crippen LogP contribution in [0.5, 0.6) is 0 Å². The van der Waals surface area contributed by atoms with Crippen molar-refractivity contribution in [3.05, 3.63) is 76.4 Å². The highest BCUT2D eigenvalue weighted by atomic mass is 35.5. The van der Waals surface area contributed by atoms with E-state index in [1.54, 1.807) is 37.3 Å². The number of aromatic nitrogens is 1. The van der Waals surface area contributed by atoms with Gasteiger partial charge in [-0.15, -0.1) is 0 Å². The van der Waals surface area contributed by atoms with Crippen LogP contribution < -0.4 is 0 Å². The smallest absolute Gasteiger partial charge is 0.339 e. The molecule has 0 aliphatic carbocycles. The van der Waals surface area contributed by atoms with E-state index in [-0.39, 0.29) is 10.9 Å². The number of ether oxygens (including phenoxy) is 1. The molecule has 3 aromatic rings. The van der Waals surface area contributed by atoms with Gasteiger partial charge in [-0.05, 0) is 26.0 Å². The highest BCUT2D eigenvalue weighted by Gasteiger charge is 2.22. The van der Waals surface area contributed by atoms with Crippen LogP contribution in [0, 0.1) is 6.92 Å². The monoisotopic (exact) mass is 353 g/mol. The van der Waals surface area contributed by atoms with Crippen LogP contribution in [0.25, 0.3) is 10.9 Å². The first-order valence-electron chi connectivity index (χ1n) is 7.83. The number of hydrogen-bond acceptors (Lipinski definition) is 4. The molecule has 0 radical (unpaired) electrons. The number of aryl methyl sites for hydroxylation is 1. The van der Waals surface area contributed by atoms with Gasteiger partial charge in [-0.3, -0.25) is 4.79 Å². The summed E-state index contributed by atoms with van der Waals surface area (Å²) in [6.07, 6.45) is -0.902. The first-order valence-corrected chi connectivity index (χ1v) is 8.20. The maximum absolute atomic E-state index is 12.6. The highest BCUT2D eigenvalue weighted by molar-refractivity contribution is 6.30. The van der Waals surface area contributed by atoms with Gasteiger partial charge in [-0.25, -0.2) is 9.78 Å². The number of carbonyl (C=O) groups excluding carboxylic acids is 2. The lowest BCUT2D eigenvalue weighted by Gasteiger charge is -2.13. The fourth-order valence-electron chi connectivity index (χ4n) is 2.54. The number of esters is 1. The third-order valence-electron chi connectivity index (χ3n) is 3.89. The van der Waals surface area contributed by atoms with Crippen LogP contribution in [0.15, 0.2) is 54.6 Å². The minimum atomic E-state index is -0.902. The molecule has 2 aromatic carbocycles. The van der Waals surface area contributed by atoms with Crippen molar-refractivity contribution in [3.8, 4) is 0 Å². The Bertz CT molecular complexity index is 951. The average molecular weight is 354 g/mol. The molecule has 25 heavy (non-hydrogen) atoms. The fraction of sp³-hybridized carbons (Fsp3) is 0.150. The molecule has 0 fully saturated rings. The first-order chi connectivity index (χ1) is 12.0. The van der Waals surface area contributed by atoms with Gasteiger partial charge in [0.2, 0.25) is 5.78 Å². The van der Waals surface area contributed by atoms with Crippen molar-refractivity contribution in [1.29, 1.82) is 0 Å². The number of hydrogen-bond donors (Lipinski definition) is 0. The summed E-state index contributed by atoms with van der Waals surface area (Å²) in [6, 6.07) is 15.7. The van der Waals surface area contributed by atoms with Crippen LogP contribution in [0.4, 0.5) is 0 Å². The Morgan fingerprint density at radius 2 is 1.76 bits per heavy atom. The predicted octanol–water partition coefficient (Wildman–Crippen LogP) is 4.62. The van der Waals surface area contributed by atoms with Crippen LogP contribution in [0.1, 0.15) is 33.2 Å². The molecule has 5 heteroatoms. The standard InChI is InChI=1S/C20H16ClNO3/c1-12-7-9-14(10-8-12)19(23)13(2)25-20(24)16-11-18(21)22-17-6-4-3-5-15(16)17/h3-11,13H,1-2H3/t13-/m0/s1. The summed E-state index contributed by atoms with van der Waals surface area (Å²) in [6.45, 7) is 3.50. The van der Waals surface area contributed by atoms with E-state index in [4.69, 9.17) is 16.3 Å². The van der Waals surface area contributed by atoms with Gasteiger partial charge in [0.05, 0.1) is 11.1 Å². The van der Waals surface area contributed by atoms with Gasteiger partial charge in [0.15, 0.2) is 6.10 Å². The zero-order valence-electron chi connectivity index (χ0n) is 13.8. The van der Waals surface area contributed by atoms with Crippen molar-refractivity contribution in [2.45, 2.75) is 20.0 Å². The zero-order valence-corrected chi connectivity index (χ0v) is 14.6. The molecular weight excluding hydrogens is 338 g/mol. The van der Waals surface area contributed by atoms with Crippen molar-refractivity contribution in [2.24, 2.45) is 0 Å². The van der Waals surface area contributed by atoms with E-state index in [0.717, 1.165) is 5.56 Å². The Morgan fingerprint density at radius 1 is 1.08 bits per heavy atom. The second-order valence-corrected chi connectivity index (χ2v) is 6.17. The Kier molecular flexibility index (Phi) is 4.81. The fourth-order valence-corrected chi connectivity index (χ4v) is 2.74. The Morgan fingerprint density at radius 3 is 2.48 bits per heavy atom. The number of fused-ring (bicyclic) bond motifs is 1. The number of benzene rings is 2. The third kappa shape index (κ3) is 3.69. The zero-order chi connectivity index (χ0) is 18.0. The quantitative estimate of drug-likeness (QED) is 0.390. The molecule has 0 bridgehead atoms. The molecule has 126 valence electrons. The molecule has 0 N–H and O–H groups in total. The van der Waals surface area contributed by atoms with E-state index in [9.17, 15) is 9.59 Å². The second-order valence-electron chi connectivity index (χ2n) is 5.79. The maximum atomic E-state index is 12.6. The van der Waals surface area contributed by atoms with Gasteiger partial charge in [-0.2, -0.15) is 0 Å². The Balaban J connectivity index is 1.85. The summed E-state index contributed by atoms with van der Waals surface area (Å²) in [5, 5.41) is 0.829. The summed E-state index contributed by atoms with van der Waals surface area (Å²) in [7, 11) is 0. The number of ketones is 1. The number of halogens is 1. The van der Waals surface area contributed by atoms with E-state index in [1.165, 1.54) is 6.07 Å². The predicted molar refractivity (Wildman–Crippen MR) is 97.1 cm³/mol. The van der Waals surface area contributed by atoms with E-state index in [1.807, 2.05) is 25.1 Å². The van der Waals surface area contributed by atoms with E-state index >= 15 is 0 Å². The van der Waals surface area contributed by atoms with Gasteiger partial charge in [0.1, 0.15) is 5.15 Å². The van der Waals surface area contributed by atoms with E-state index < -0.39 is 12.1 Å². The normalized spacial score (nSPS) is 12.0. The maximum Gasteiger partial charge on any atom is 0.339 e. The minimum Gasteiger partial charge on any atom is -0.451 e. The SMILES string of the molecule is Cc1ccc(C(=O)[C@H](C)OC(=O)c2cc(Cl)nc3ccccc23)cc1. The summed E-state index contributed by atoms with van der Waals surface area (Å²) < 4.78 is 5.37. The molecule has 0 spiro atoms. The molecule has 0 aliphatic heterocycles. The molecule has 1 heterocycles. The summed E-state index contributed by atoms with van der Waals surface area (Å²) in [4.78, 5) is 29.2. The molecular formula is C20H16ClNO3. The van der Waals surface area contributed by atoms with Gasteiger partial charge in [0, 0.05) is 10.9 Å². The summed E-state index contributed by atoms with van der Waals surface area (Å²) in [5.41, 5.74) is 2.45. The number of nitrogens with zero attached hydrogens (tertiary/aromatic N) is 1. The number of Topliss-reactive ketones (excluding diaryl/α,β-unsaturated/α-hetero) is 1. The number of para-hydroxylation sites is 1. The number of rotatable bonds is 4. The Hall–Kier alpha value is -2.72. The highest BCUT2D eigenvalue weighted by Crippen LogP contribution is 2.22. The van der Waals surface area contributed by atoms with Crippen LogP contribution in [0.2, 0.25) is 5.15 Å². The lowest BCUT2D eigenvalue weighted by atomic mass is 10.1. The molecule has 1 atom stereocenters. The molecule has 0 saturated heterocycles. The lowest BCUT2D eigenvalue weighted by molar-refractivity contribution is 0.0320. The van der Waals surface area contributed by atoms with E-state index in [2.05, 4.69) is 4.98 Å². The van der Waals surface area contributed by atoms with Crippen LogP contribution in [0.3, 0.4) is 0 Å². The van der Waals surface area contributed by atoms with Gasteiger partial charge < -0.3 is 4.74 Å². The minimum absolute atomic E-state index is 0.197. The molecule has 0 unspecified atom stereocenters. The van der Waals surface area contributed by atoms with Crippen molar-refractivity contribution in [1.82, 2.24) is 4.98 Å². The van der Waals surface area contributed by atoms with Crippen molar-refractivity contribution >= 4 is 34.3 Å². The van der Waals surface area contributed by atoms with Gasteiger partial charge >= 0.3 is 5.97 Å². The topological polar surface area (TPSA) is 56.3 Å². The van der Waals surface area contributed by atoms with Crippen molar-refractivity contribution in [3.63, 3.8) is 0 Å². The Labute approximate surface area is 150 Å². The van der Waals surface area contributed by atoms with E-state index in [0.29, 0.717) is 22.0 Å². The summed E-state index contributed by atoms with van der Waals surface area (Å²) in [5.74, 6) is -0.855. The average Bonchev–Trinajstić information content (AvgIpc) is 2.60. The first kappa shape index (κ1) is 17.1. The largest absolute Gasteiger partial charge is 0.451 e. The van der Waals surface area contributed by atoms with Gasteiger partial charge in [-0.1, -0.05) is 59.6 Å². The van der Waals surface area contributed by atoms with Crippen molar-refractivity contribution in [2.75, 3.05) is 0 Å². The summed E-state index contributed by atoms with van der Waals surface area (Å²) >= 11 is 5.99. The number of pyridine rings is 1. The second kappa shape index (κ2) is 7.03. The number of carbonyl (C=O) groups is 2.